The number of amides is 1. The first-order valence-corrected chi connectivity index (χ1v) is 6.78. The van der Waals surface area contributed by atoms with E-state index in [2.05, 4.69) is 26.1 Å². The van der Waals surface area contributed by atoms with Crippen molar-refractivity contribution in [3.8, 4) is 0 Å². The Morgan fingerprint density at radius 1 is 1.41 bits per heavy atom. The highest BCUT2D eigenvalue weighted by Crippen LogP contribution is 2.22. The number of carbonyl (C=O) groups excluding carboxylic acids is 1. The lowest BCUT2D eigenvalue weighted by atomic mass is 9.86. The van der Waals surface area contributed by atoms with Crippen molar-refractivity contribution in [3.05, 3.63) is 0 Å². The molecular formula is C13H26N2OS. The summed E-state index contributed by atoms with van der Waals surface area (Å²) in [6.45, 7) is 8.96. The fourth-order valence-corrected chi connectivity index (χ4v) is 1.66. The SMILES string of the molecule is CCCCCC(C)(C)CNC(=O)C(C)C(N)=S. The van der Waals surface area contributed by atoms with Gasteiger partial charge in [-0.25, -0.2) is 0 Å². The first-order chi connectivity index (χ1) is 7.80. The standard InChI is InChI=1S/C13H26N2OS/c1-5-6-7-8-13(3,4)9-15-12(16)10(2)11(14)17/h10H,5-9H2,1-4H3,(H2,14,17)(H,15,16). The predicted molar refractivity (Wildman–Crippen MR) is 76.9 cm³/mol. The van der Waals surface area contributed by atoms with Crippen molar-refractivity contribution in [1.82, 2.24) is 5.32 Å². The van der Waals surface area contributed by atoms with Gasteiger partial charge in [0.25, 0.3) is 0 Å². The number of nitrogens with two attached hydrogens (primary N) is 1. The molecular weight excluding hydrogens is 232 g/mol. The van der Waals surface area contributed by atoms with Crippen molar-refractivity contribution in [2.75, 3.05) is 6.54 Å². The Labute approximate surface area is 111 Å². The highest BCUT2D eigenvalue weighted by molar-refractivity contribution is 7.80. The van der Waals surface area contributed by atoms with Crippen molar-refractivity contribution in [1.29, 1.82) is 0 Å². The lowest BCUT2D eigenvalue weighted by Gasteiger charge is -2.25. The molecule has 0 bridgehead atoms. The van der Waals surface area contributed by atoms with E-state index in [9.17, 15) is 4.79 Å². The fourth-order valence-electron chi connectivity index (χ4n) is 1.55. The van der Waals surface area contributed by atoms with Crippen molar-refractivity contribution in [2.45, 2.75) is 53.4 Å². The third-order valence-corrected chi connectivity index (χ3v) is 3.37. The zero-order valence-corrected chi connectivity index (χ0v) is 12.3. The van der Waals surface area contributed by atoms with E-state index >= 15 is 0 Å². The number of rotatable bonds is 8. The molecule has 0 aliphatic heterocycles. The average Bonchev–Trinajstić information content (AvgIpc) is 2.25. The van der Waals surface area contributed by atoms with Gasteiger partial charge in [-0.2, -0.15) is 0 Å². The molecule has 0 aliphatic carbocycles. The Kier molecular flexibility index (Phi) is 7.35. The molecule has 0 aromatic rings. The Bertz CT molecular complexity index is 264. The maximum Gasteiger partial charge on any atom is 0.229 e. The van der Waals surface area contributed by atoms with Crippen molar-refractivity contribution in [3.63, 3.8) is 0 Å². The molecule has 1 atom stereocenters. The van der Waals surface area contributed by atoms with Gasteiger partial charge in [-0.1, -0.05) is 52.3 Å². The summed E-state index contributed by atoms with van der Waals surface area (Å²) in [5.74, 6) is -0.447. The van der Waals surface area contributed by atoms with E-state index in [-0.39, 0.29) is 22.2 Å². The number of hydrogen-bond acceptors (Lipinski definition) is 2. The van der Waals surface area contributed by atoms with E-state index in [0.29, 0.717) is 6.54 Å². The van der Waals surface area contributed by atoms with E-state index < -0.39 is 0 Å². The molecule has 3 nitrogen and oxygen atoms in total. The van der Waals surface area contributed by atoms with Gasteiger partial charge >= 0.3 is 0 Å². The van der Waals surface area contributed by atoms with Crippen LogP contribution in [-0.4, -0.2) is 17.4 Å². The molecule has 0 radical (unpaired) electrons. The number of nitrogens with one attached hydrogen (secondary N) is 1. The maximum atomic E-state index is 11.7. The van der Waals surface area contributed by atoms with Crippen LogP contribution in [0.3, 0.4) is 0 Å². The molecule has 0 fully saturated rings. The third kappa shape index (κ3) is 7.31. The second-order valence-corrected chi connectivity index (χ2v) is 5.93. The van der Waals surface area contributed by atoms with E-state index in [0.717, 1.165) is 6.42 Å². The number of thiocarbonyl (C=S) groups is 1. The second-order valence-electron chi connectivity index (χ2n) is 5.46. The smallest absolute Gasteiger partial charge is 0.229 e. The highest BCUT2D eigenvalue weighted by Gasteiger charge is 2.21. The van der Waals surface area contributed by atoms with Gasteiger partial charge in [-0.05, 0) is 18.8 Å². The highest BCUT2D eigenvalue weighted by atomic mass is 32.1. The average molecular weight is 258 g/mol. The Morgan fingerprint density at radius 3 is 2.47 bits per heavy atom. The fraction of sp³-hybridized carbons (Fsp3) is 0.846. The maximum absolute atomic E-state index is 11.7. The van der Waals surface area contributed by atoms with Gasteiger partial charge in [0.1, 0.15) is 0 Å². The first-order valence-electron chi connectivity index (χ1n) is 6.37. The van der Waals surface area contributed by atoms with Gasteiger partial charge in [0.2, 0.25) is 5.91 Å². The Balaban J connectivity index is 4.00. The van der Waals surface area contributed by atoms with Gasteiger partial charge in [0.15, 0.2) is 0 Å². The molecule has 0 saturated carbocycles. The van der Waals surface area contributed by atoms with E-state index in [1.807, 2.05) is 0 Å². The lowest BCUT2D eigenvalue weighted by Crippen LogP contribution is -2.40. The van der Waals surface area contributed by atoms with Gasteiger partial charge in [0.05, 0.1) is 10.9 Å². The molecule has 3 N–H and O–H groups in total. The predicted octanol–water partition coefficient (Wildman–Crippen LogP) is 2.63. The van der Waals surface area contributed by atoms with Crippen LogP contribution >= 0.6 is 12.2 Å². The number of hydrogen-bond donors (Lipinski definition) is 2. The van der Waals surface area contributed by atoms with Crippen LogP contribution in [0.4, 0.5) is 0 Å². The Hall–Kier alpha value is -0.640. The molecule has 0 aliphatic rings. The second kappa shape index (κ2) is 7.64. The quantitative estimate of drug-likeness (QED) is 0.520. The number of carbonyl (C=O) groups is 1. The van der Waals surface area contributed by atoms with Gasteiger partial charge in [0, 0.05) is 6.54 Å². The van der Waals surface area contributed by atoms with Crippen LogP contribution in [0.25, 0.3) is 0 Å². The molecule has 17 heavy (non-hydrogen) atoms. The van der Waals surface area contributed by atoms with Gasteiger partial charge in [-0.3, -0.25) is 4.79 Å². The van der Waals surface area contributed by atoms with Crippen LogP contribution in [0.5, 0.6) is 0 Å². The van der Waals surface area contributed by atoms with E-state index in [1.54, 1.807) is 6.92 Å². The van der Waals surface area contributed by atoms with Crippen LogP contribution in [0.2, 0.25) is 0 Å². The van der Waals surface area contributed by atoms with Crippen molar-refractivity contribution >= 4 is 23.1 Å². The summed E-state index contributed by atoms with van der Waals surface area (Å²) >= 11 is 4.80. The van der Waals surface area contributed by atoms with E-state index in [4.69, 9.17) is 18.0 Å². The summed E-state index contributed by atoms with van der Waals surface area (Å²) in [6, 6.07) is 0. The number of unbranched alkanes of at least 4 members (excludes halogenated alkanes) is 2. The Morgan fingerprint density at radius 2 is 2.00 bits per heavy atom. The van der Waals surface area contributed by atoms with Crippen LogP contribution in [0.15, 0.2) is 0 Å². The van der Waals surface area contributed by atoms with Gasteiger partial charge in [-0.15, -0.1) is 0 Å². The summed E-state index contributed by atoms with van der Waals surface area (Å²) in [5, 5.41) is 2.92. The monoisotopic (exact) mass is 258 g/mol. The molecule has 0 spiro atoms. The van der Waals surface area contributed by atoms with Crippen LogP contribution in [-0.2, 0) is 4.79 Å². The summed E-state index contributed by atoms with van der Waals surface area (Å²) in [6.07, 6.45) is 4.81. The molecule has 1 amide bonds. The summed E-state index contributed by atoms with van der Waals surface area (Å²) in [7, 11) is 0. The minimum absolute atomic E-state index is 0.0685. The topological polar surface area (TPSA) is 55.1 Å². The normalized spacial score (nSPS) is 13.2. The minimum atomic E-state index is -0.378. The molecule has 0 aromatic heterocycles. The van der Waals surface area contributed by atoms with Crippen molar-refractivity contribution < 1.29 is 4.79 Å². The minimum Gasteiger partial charge on any atom is -0.393 e. The van der Waals surface area contributed by atoms with Crippen LogP contribution in [0, 0.1) is 11.3 Å². The molecule has 100 valence electrons. The summed E-state index contributed by atoms with van der Waals surface area (Å²) < 4.78 is 0. The van der Waals surface area contributed by atoms with Crippen molar-refractivity contribution in [2.24, 2.45) is 17.1 Å². The third-order valence-electron chi connectivity index (χ3n) is 3.02. The summed E-state index contributed by atoms with van der Waals surface area (Å²) in [4.78, 5) is 11.9. The first kappa shape index (κ1) is 16.4. The van der Waals surface area contributed by atoms with Crippen LogP contribution in [0.1, 0.15) is 53.4 Å². The molecule has 1 unspecified atom stereocenters. The molecule has 4 heteroatoms. The van der Waals surface area contributed by atoms with Gasteiger partial charge < -0.3 is 11.1 Å². The molecule has 0 heterocycles. The summed E-state index contributed by atoms with van der Waals surface area (Å²) in [5.41, 5.74) is 5.58. The molecule has 0 saturated heterocycles. The largest absolute Gasteiger partial charge is 0.393 e. The lowest BCUT2D eigenvalue weighted by molar-refractivity contribution is -0.123. The van der Waals surface area contributed by atoms with Crippen LogP contribution < -0.4 is 11.1 Å². The zero-order chi connectivity index (χ0) is 13.5. The molecule has 0 aromatic carbocycles. The van der Waals surface area contributed by atoms with E-state index in [1.165, 1.54) is 19.3 Å². The molecule has 0 rings (SSSR count). The zero-order valence-electron chi connectivity index (χ0n) is 11.5.